The molecule has 1 aliphatic rings. The summed E-state index contributed by atoms with van der Waals surface area (Å²) in [6.07, 6.45) is 6.17. The van der Waals surface area contributed by atoms with Crippen LogP contribution in [0.2, 0.25) is 0 Å². The van der Waals surface area contributed by atoms with Gasteiger partial charge in [0.1, 0.15) is 9.71 Å². The van der Waals surface area contributed by atoms with Crippen molar-refractivity contribution in [3.8, 4) is 0 Å². The van der Waals surface area contributed by atoms with Crippen molar-refractivity contribution < 1.29 is 4.79 Å². The van der Waals surface area contributed by atoms with Crippen LogP contribution in [-0.2, 0) is 0 Å². The van der Waals surface area contributed by atoms with Crippen molar-refractivity contribution in [2.45, 2.75) is 45.6 Å². The van der Waals surface area contributed by atoms with Gasteiger partial charge in [0.25, 0.3) is 5.91 Å². The van der Waals surface area contributed by atoms with E-state index < -0.39 is 0 Å². The number of carbonyl (C=O) groups excluding carboxylic acids is 1. The van der Waals surface area contributed by atoms with Crippen LogP contribution in [-0.4, -0.2) is 22.1 Å². The maximum atomic E-state index is 12.6. The normalized spacial score (nSPS) is 21.3. The van der Waals surface area contributed by atoms with E-state index in [9.17, 15) is 4.79 Å². The zero-order valence-corrected chi connectivity index (χ0v) is 13.2. The Morgan fingerprint density at radius 3 is 3.00 bits per heavy atom. The summed E-state index contributed by atoms with van der Waals surface area (Å²) in [5.41, 5.74) is 6.74. The van der Waals surface area contributed by atoms with E-state index in [-0.39, 0.29) is 17.4 Å². The molecule has 1 saturated carbocycles. The van der Waals surface area contributed by atoms with Crippen molar-refractivity contribution in [1.82, 2.24) is 15.5 Å². The fourth-order valence-electron chi connectivity index (χ4n) is 3.03. The van der Waals surface area contributed by atoms with Crippen LogP contribution in [0.4, 0.5) is 5.69 Å². The standard InChI is InChI=1S/C15H20N4OS/c1-15(2)7-4-3-5-10(15)18-13(20)12-11(16)9-6-8-17-19-14(9)21-12/h6,8,10H,3-5,7,16H2,1-2H3,(H,18,20). The van der Waals surface area contributed by atoms with Gasteiger partial charge < -0.3 is 11.1 Å². The predicted octanol–water partition coefficient (Wildman–Crippen LogP) is 2.97. The molecule has 2 aromatic heterocycles. The Hall–Kier alpha value is -1.69. The second-order valence-electron chi connectivity index (χ2n) is 6.36. The summed E-state index contributed by atoms with van der Waals surface area (Å²) in [5.74, 6) is -0.0875. The smallest absolute Gasteiger partial charge is 0.263 e. The molecular formula is C15H20N4OS. The molecule has 0 saturated heterocycles. The summed E-state index contributed by atoms with van der Waals surface area (Å²) in [6.45, 7) is 4.44. The van der Waals surface area contributed by atoms with Crippen LogP contribution < -0.4 is 11.1 Å². The third-order valence-corrected chi connectivity index (χ3v) is 5.54. The van der Waals surface area contributed by atoms with E-state index in [1.165, 1.54) is 24.2 Å². The average Bonchev–Trinajstić information content (AvgIpc) is 2.79. The number of anilines is 1. The van der Waals surface area contributed by atoms with E-state index in [0.29, 0.717) is 15.4 Å². The highest BCUT2D eigenvalue weighted by atomic mass is 32.1. The van der Waals surface area contributed by atoms with E-state index in [1.54, 1.807) is 12.3 Å². The Morgan fingerprint density at radius 1 is 1.48 bits per heavy atom. The number of nitrogens with two attached hydrogens (primary N) is 1. The Balaban J connectivity index is 1.85. The van der Waals surface area contributed by atoms with Gasteiger partial charge in [-0.3, -0.25) is 4.79 Å². The molecule has 1 fully saturated rings. The average molecular weight is 304 g/mol. The summed E-state index contributed by atoms with van der Waals surface area (Å²) in [7, 11) is 0. The molecule has 1 unspecified atom stereocenters. The van der Waals surface area contributed by atoms with Crippen molar-refractivity contribution >= 4 is 33.1 Å². The molecule has 1 amide bonds. The molecule has 0 aliphatic heterocycles. The molecule has 0 spiro atoms. The number of aromatic nitrogens is 2. The number of amides is 1. The molecule has 0 radical (unpaired) electrons. The number of rotatable bonds is 2. The minimum Gasteiger partial charge on any atom is -0.397 e. The van der Waals surface area contributed by atoms with Crippen molar-refractivity contribution in [3.63, 3.8) is 0 Å². The highest BCUT2D eigenvalue weighted by Crippen LogP contribution is 2.36. The highest BCUT2D eigenvalue weighted by Gasteiger charge is 2.34. The van der Waals surface area contributed by atoms with Crippen molar-refractivity contribution in [3.05, 3.63) is 17.1 Å². The fourth-order valence-corrected chi connectivity index (χ4v) is 3.97. The van der Waals surface area contributed by atoms with Crippen LogP contribution in [0.25, 0.3) is 10.2 Å². The third-order valence-electron chi connectivity index (χ3n) is 4.44. The molecule has 1 atom stereocenters. The monoisotopic (exact) mass is 304 g/mol. The maximum Gasteiger partial charge on any atom is 0.263 e. The first kappa shape index (κ1) is 14.3. The van der Waals surface area contributed by atoms with Gasteiger partial charge in [0.15, 0.2) is 0 Å². The summed E-state index contributed by atoms with van der Waals surface area (Å²) < 4.78 is 0. The lowest BCUT2D eigenvalue weighted by Crippen LogP contribution is -2.46. The molecule has 2 heterocycles. The van der Waals surface area contributed by atoms with Crippen LogP contribution in [0.1, 0.15) is 49.2 Å². The second kappa shape index (κ2) is 5.26. The van der Waals surface area contributed by atoms with E-state index in [4.69, 9.17) is 5.73 Å². The third kappa shape index (κ3) is 2.60. The number of carbonyl (C=O) groups is 1. The Bertz CT molecular complexity index is 679. The molecule has 3 rings (SSSR count). The molecule has 112 valence electrons. The number of hydrogen-bond donors (Lipinski definition) is 2. The second-order valence-corrected chi connectivity index (χ2v) is 7.35. The van der Waals surface area contributed by atoms with Crippen LogP contribution >= 0.6 is 11.3 Å². The predicted molar refractivity (Wildman–Crippen MR) is 85.3 cm³/mol. The lowest BCUT2D eigenvalue weighted by atomic mass is 9.73. The zero-order valence-electron chi connectivity index (χ0n) is 12.3. The van der Waals surface area contributed by atoms with Gasteiger partial charge in [-0.1, -0.05) is 26.7 Å². The summed E-state index contributed by atoms with van der Waals surface area (Å²) in [5, 5.41) is 11.8. The van der Waals surface area contributed by atoms with Gasteiger partial charge in [-0.15, -0.1) is 16.4 Å². The van der Waals surface area contributed by atoms with E-state index in [0.717, 1.165) is 18.2 Å². The topological polar surface area (TPSA) is 80.9 Å². The SMILES string of the molecule is CC1(C)CCCCC1NC(=O)c1sc2nnccc2c1N. The van der Waals surface area contributed by atoms with Crippen LogP contribution in [0, 0.1) is 5.41 Å². The first-order chi connectivity index (χ1) is 9.99. The van der Waals surface area contributed by atoms with Crippen LogP contribution in [0.5, 0.6) is 0 Å². The highest BCUT2D eigenvalue weighted by molar-refractivity contribution is 7.21. The van der Waals surface area contributed by atoms with Crippen molar-refractivity contribution in [1.29, 1.82) is 0 Å². The Kier molecular flexibility index (Phi) is 3.57. The number of nitrogens with zero attached hydrogens (tertiary/aromatic N) is 2. The molecule has 1 aliphatic carbocycles. The first-order valence-corrected chi connectivity index (χ1v) is 8.11. The quantitative estimate of drug-likeness (QED) is 0.893. The Labute approximate surface area is 127 Å². The van der Waals surface area contributed by atoms with Gasteiger partial charge in [-0.2, -0.15) is 5.10 Å². The Morgan fingerprint density at radius 2 is 2.29 bits per heavy atom. The van der Waals surface area contributed by atoms with Gasteiger partial charge in [-0.05, 0) is 24.3 Å². The zero-order chi connectivity index (χ0) is 15.0. The van der Waals surface area contributed by atoms with Gasteiger partial charge in [0, 0.05) is 11.4 Å². The molecular weight excluding hydrogens is 284 g/mol. The van der Waals surface area contributed by atoms with Crippen LogP contribution in [0.15, 0.2) is 12.3 Å². The van der Waals surface area contributed by atoms with Crippen molar-refractivity contribution in [2.75, 3.05) is 5.73 Å². The van der Waals surface area contributed by atoms with Gasteiger partial charge in [0.2, 0.25) is 0 Å². The van der Waals surface area contributed by atoms with Crippen LogP contribution in [0.3, 0.4) is 0 Å². The van der Waals surface area contributed by atoms with Gasteiger partial charge in [0.05, 0.1) is 11.9 Å². The van der Waals surface area contributed by atoms with E-state index >= 15 is 0 Å². The minimum atomic E-state index is -0.0875. The molecule has 5 nitrogen and oxygen atoms in total. The molecule has 0 bridgehead atoms. The number of hydrogen-bond acceptors (Lipinski definition) is 5. The lowest BCUT2D eigenvalue weighted by Gasteiger charge is -2.38. The fraction of sp³-hybridized carbons (Fsp3) is 0.533. The van der Waals surface area contributed by atoms with E-state index in [1.807, 2.05) is 0 Å². The summed E-state index contributed by atoms with van der Waals surface area (Å²) in [4.78, 5) is 13.8. The number of fused-ring (bicyclic) bond motifs is 1. The molecule has 2 aromatic rings. The van der Waals surface area contributed by atoms with Gasteiger partial charge >= 0.3 is 0 Å². The summed E-state index contributed by atoms with van der Waals surface area (Å²) in [6, 6.07) is 2.00. The largest absolute Gasteiger partial charge is 0.397 e. The number of nitrogens with one attached hydrogen (secondary N) is 1. The minimum absolute atomic E-state index is 0.0875. The molecule has 6 heteroatoms. The first-order valence-electron chi connectivity index (χ1n) is 7.29. The maximum absolute atomic E-state index is 12.6. The molecule has 3 N–H and O–H groups in total. The van der Waals surface area contributed by atoms with Gasteiger partial charge in [-0.25, -0.2) is 0 Å². The van der Waals surface area contributed by atoms with E-state index in [2.05, 4.69) is 29.4 Å². The summed E-state index contributed by atoms with van der Waals surface area (Å²) >= 11 is 1.31. The number of thiophene rings is 1. The van der Waals surface area contributed by atoms with Crippen molar-refractivity contribution in [2.24, 2.45) is 5.41 Å². The lowest BCUT2D eigenvalue weighted by molar-refractivity contribution is 0.0858. The molecule has 0 aromatic carbocycles. The molecule has 21 heavy (non-hydrogen) atoms. The number of nitrogen functional groups attached to an aromatic ring is 1.